The van der Waals surface area contributed by atoms with Gasteiger partial charge in [0.25, 0.3) is 0 Å². The zero-order valence-corrected chi connectivity index (χ0v) is 13.1. The second-order valence-electron chi connectivity index (χ2n) is 4.15. The summed E-state index contributed by atoms with van der Waals surface area (Å²) < 4.78 is 33.8. The van der Waals surface area contributed by atoms with E-state index in [2.05, 4.69) is 14.9 Å². The number of benzene rings is 1. The summed E-state index contributed by atoms with van der Waals surface area (Å²) in [5.74, 6) is 0.941. The van der Waals surface area contributed by atoms with Gasteiger partial charge in [-0.25, -0.2) is 13.1 Å². The van der Waals surface area contributed by atoms with E-state index in [-0.39, 0.29) is 16.5 Å². The molecule has 2 aromatic rings. The third kappa shape index (κ3) is 3.52. The number of hydrogen-bond donors (Lipinski definition) is 1. The van der Waals surface area contributed by atoms with Crippen molar-refractivity contribution >= 4 is 21.6 Å². The van der Waals surface area contributed by atoms with E-state index in [0.717, 1.165) is 0 Å². The zero-order valence-electron chi connectivity index (χ0n) is 11.6. The maximum absolute atomic E-state index is 12.3. The van der Waals surface area contributed by atoms with Gasteiger partial charge in [-0.1, -0.05) is 11.6 Å². The van der Waals surface area contributed by atoms with Gasteiger partial charge in [0.15, 0.2) is 0 Å². The molecule has 7 nitrogen and oxygen atoms in total. The number of sulfonamides is 1. The highest BCUT2D eigenvalue weighted by Gasteiger charge is 2.19. The van der Waals surface area contributed by atoms with E-state index in [1.165, 1.54) is 19.2 Å². The Kier molecular flexibility index (Phi) is 4.81. The van der Waals surface area contributed by atoms with Crippen LogP contribution in [-0.4, -0.2) is 30.3 Å². The summed E-state index contributed by atoms with van der Waals surface area (Å²) in [5.41, 5.74) is 0. The number of halogens is 1. The summed E-state index contributed by atoms with van der Waals surface area (Å²) >= 11 is 5.95. The Balaban J connectivity index is 2.23. The van der Waals surface area contributed by atoms with Crippen LogP contribution >= 0.6 is 11.6 Å². The van der Waals surface area contributed by atoms with Gasteiger partial charge in [-0.3, -0.25) is 0 Å². The molecular weight excluding hydrogens is 316 g/mol. The average Bonchev–Trinajstić information content (AvgIpc) is 2.93. The highest BCUT2D eigenvalue weighted by molar-refractivity contribution is 7.89. The minimum Gasteiger partial charge on any atom is -0.497 e. The van der Waals surface area contributed by atoms with Crippen LogP contribution in [0.2, 0.25) is 5.02 Å². The molecule has 0 amide bonds. The molecule has 114 valence electrons. The molecule has 0 unspecified atom stereocenters. The van der Waals surface area contributed by atoms with Gasteiger partial charge in [-0.05, 0) is 19.1 Å². The first kappa shape index (κ1) is 15.7. The molecule has 0 aliphatic carbocycles. The molecule has 0 aliphatic rings. The van der Waals surface area contributed by atoms with Crippen molar-refractivity contribution < 1.29 is 13.2 Å². The second-order valence-corrected chi connectivity index (χ2v) is 6.30. The predicted octanol–water partition coefficient (Wildman–Crippen LogP) is 1.44. The molecule has 0 saturated carbocycles. The number of rotatable bonds is 6. The third-order valence-electron chi connectivity index (χ3n) is 2.88. The van der Waals surface area contributed by atoms with Crippen LogP contribution < -0.4 is 9.46 Å². The first-order valence-corrected chi connectivity index (χ1v) is 8.04. The molecule has 0 fully saturated rings. The summed E-state index contributed by atoms with van der Waals surface area (Å²) in [6.07, 6.45) is 1.54. The Bertz CT molecular complexity index is 730. The van der Waals surface area contributed by atoms with E-state index < -0.39 is 10.0 Å². The molecule has 0 atom stereocenters. The summed E-state index contributed by atoms with van der Waals surface area (Å²) in [4.78, 5) is -0.0360. The fourth-order valence-corrected chi connectivity index (χ4v) is 3.23. The summed E-state index contributed by atoms with van der Waals surface area (Å²) in [6, 6.07) is 4.44. The van der Waals surface area contributed by atoms with Crippen molar-refractivity contribution in [2.24, 2.45) is 0 Å². The van der Waals surface area contributed by atoms with E-state index in [9.17, 15) is 8.42 Å². The Labute approximate surface area is 128 Å². The molecule has 1 aromatic carbocycles. The van der Waals surface area contributed by atoms with Crippen molar-refractivity contribution in [2.45, 2.75) is 24.9 Å². The van der Waals surface area contributed by atoms with Gasteiger partial charge in [0.1, 0.15) is 22.8 Å². The van der Waals surface area contributed by atoms with E-state index in [1.54, 1.807) is 17.0 Å². The molecule has 0 aliphatic heterocycles. The van der Waals surface area contributed by atoms with Crippen LogP contribution in [0, 0.1) is 0 Å². The van der Waals surface area contributed by atoms with Gasteiger partial charge < -0.3 is 9.30 Å². The monoisotopic (exact) mass is 330 g/mol. The lowest BCUT2D eigenvalue weighted by atomic mass is 10.3. The van der Waals surface area contributed by atoms with Crippen molar-refractivity contribution in [2.75, 3.05) is 7.11 Å². The van der Waals surface area contributed by atoms with Gasteiger partial charge in [0.05, 0.1) is 18.7 Å². The van der Waals surface area contributed by atoms with Crippen molar-refractivity contribution in [1.82, 2.24) is 19.5 Å². The number of methoxy groups -OCH3 is 1. The largest absolute Gasteiger partial charge is 0.497 e. The lowest BCUT2D eigenvalue weighted by molar-refractivity contribution is 0.413. The number of ether oxygens (including phenoxy) is 1. The van der Waals surface area contributed by atoms with Gasteiger partial charge >= 0.3 is 0 Å². The maximum atomic E-state index is 12.3. The molecular formula is C12H15ClN4O3S. The highest BCUT2D eigenvalue weighted by atomic mass is 35.5. The minimum absolute atomic E-state index is 0.0315. The molecule has 0 bridgehead atoms. The fourth-order valence-electron chi connectivity index (χ4n) is 1.73. The fraction of sp³-hybridized carbons (Fsp3) is 0.333. The zero-order chi connectivity index (χ0) is 15.5. The van der Waals surface area contributed by atoms with Crippen LogP contribution in [0.15, 0.2) is 29.4 Å². The lowest BCUT2D eigenvalue weighted by Gasteiger charge is -2.10. The number of aromatic nitrogens is 3. The molecule has 9 heteroatoms. The van der Waals surface area contributed by atoms with Crippen molar-refractivity contribution in [3.8, 4) is 5.75 Å². The van der Waals surface area contributed by atoms with Crippen LogP contribution in [0.3, 0.4) is 0 Å². The van der Waals surface area contributed by atoms with Gasteiger partial charge in [0.2, 0.25) is 10.0 Å². The number of nitrogens with zero attached hydrogens (tertiary/aromatic N) is 3. The molecule has 0 saturated heterocycles. The Hall–Kier alpha value is -1.64. The van der Waals surface area contributed by atoms with Crippen LogP contribution in [0.4, 0.5) is 0 Å². The second kappa shape index (κ2) is 6.42. The third-order valence-corrected chi connectivity index (χ3v) is 4.77. The smallest absolute Gasteiger partial charge is 0.242 e. The predicted molar refractivity (Wildman–Crippen MR) is 77.7 cm³/mol. The number of hydrogen-bond acceptors (Lipinski definition) is 5. The molecule has 0 spiro atoms. The standard InChI is InChI=1S/C12H15ClN4O3S/c1-3-17-8-14-16-12(17)7-15-21(18,19)11-6-9(20-2)4-5-10(11)13/h4-6,8,15H,3,7H2,1-2H3. The number of nitrogens with one attached hydrogen (secondary N) is 1. The minimum atomic E-state index is -3.77. The normalized spacial score (nSPS) is 11.6. The molecule has 2 rings (SSSR count). The molecule has 1 heterocycles. The Morgan fingerprint density at radius 2 is 2.19 bits per heavy atom. The van der Waals surface area contributed by atoms with Crippen molar-refractivity contribution in [1.29, 1.82) is 0 Å². The molecule has 0 radical (unpaired) electrons. The van der Waals surface area contributed by atoms with Crippen LogP contribution in [0.5, 0.6) is 5.75 Å². The first-order chi connectivity index (χ1) is 9.97. The summed E-state index contributed by atoms with van der Waals surface area (Å²) in [7, 11) is -2.31. The van der Waals surface area contributed by atoms with Crippen LogP contribution in [0.1, 0.15) is 12.7 Å². The molecule has 21 heavy (non-hydrogen) atoms. The van der Waals surface area contributed by atoms with E-state index >= 15 is 0 Å². The maximum Gasteiger partial charge on any atom is 0.242 e. The first-order valence-electron chi connectivity index (χ1n) is 6.18. The van der Waals surface area contributed by atoms with E-state index in [0.29, 0.717) is 18.1 Å². The average molecular weight is 331 g/mol. The summed E-state index contributed by atoms with van der Waals surface area (Å²) in [6.45, 7) is 2.61. The van der Waals surface area contributed by atoms with E-state index in [4.69, 9.17) is 16.3 Å². The van der Waals surface area contributed by atoms with Gasteiger partial charge in [0, 0.05) is 12.6 Å². The Morgan fingerprint density at radius 3 is 2.86 bits per heavy atom. The van der Waals surface area contributed by atoms with Gasteiger partial charge in [-0.2, -0.15) is 0 Å². The summed E-state index contributed by atoms with van der Waals surface area (Å²) in [5, 5.41) is 7.74. The highest BCUT2D eigenvalue weighted by Crippen LogP contribution is 2.26. The van der Waals surface area contributed by atoms with E-state index in [1.807, 2.05) is 6.92 Å². The van der Waals surface area contributed by atoms with Crippen LogP contribution in [-0.2, 0) is 23.1 Å². The van der Waals surface area contributed by atoms with Crippen LogP contribution in [0.25, 0.3) is 0 Å². The SMILES string of the molecule is CCn1cnnc1CNS(=O)(=O)c1cc(OC)ccc1Cl. The Morgan fingerprint density at radius 1 is 1.43 bits per heavy atom. The number of aryl methyl sites for hydroxylation is 1. The quantitative estimate of drug-likeness (QED) is 0.866. The lowest BCUT2D eigenvalue weighted by Crippen LogP contribution is -2.25. The topological polar surface area (TPSA) is 86.1 Å². The molecule has 1 N–H and O–H groups in total. The van der Waals surface area contributed by atoms with Gasteiger partial charge in [-0.15, -0.1) is 10.2 Å². The van der Waals surface area contributed by atoms with Crippen molar-refractivity contribution in [3.05, 3.63) is 35.4 Å². The van der Waals surface area contributed by atoms with Crippen molar-refractivity contribution in [3.63, 3.8) is 0 Å². The molecule has 1 aromatic heterocycles.